The SMILES string of the molecule is COc1ccc2ccnc(N3CCC(C(=O)O)CC3)c2c1. The number of ether oxygens (including phenoxy) is 1. The smallest absolute Gasteiger partial charge is 0.306 e. The number of aliphatic carboxylic acids is 1. The predicted octanol–water partition coefficient (Wildman–Crippen LogP) is 2.54. The molecule has 1 aromatic heterocycles. The van der Waals surface area contributed by atoms with Crippen LogP contribution < -0.4 is 9.64 Å². The van der Waals surface area contributed by atoms with E-state index in [0.717, 1.165) is 35.4 Å². The van der Waals surface area contributed by atoms with Gasteiger partial charge < -0.3 is 14.7 Å². The Labute approximate surface area is 123 Å². The Bertz CT molecular complexity index is 664. The summed E-state index contributed by atoms with van der Waals surface area (Å²) in [6, 6.07) is 7.91. The molecule has 1 N–H and O–H groups in total. The van der Waals surface area contributed by atoms with Crippen molar-refractivity contribution in [3.05, 3.63) is 30.5 Å². The zero-order valence-electron chi connectivity index (χ0n) is 12.0. The highest BCUT2D eigenvalue weighted by molar-refractivity contribution is 5.93. The number of aromatic nitrogens is 1. The number of carbonyl (C=O) groups is 1. The molecule has 1 saturated heterocycles. The number of piperidine rings is 1. The molecule has 1 aromatic carbocycles. The summed E-state index contributed by atoms with van der Waals surface area (Å²) in [6.07, 6.45) is 3.13. The molecule has 0 aliphatic carbocycles. The van der Waals surface area contributed by atoms with Crippen molar-refractivity contribution >= 4 is 22.6 Å². The highest BCUT2D eigenvalue weighted by Gasteiger charge is 2.25. The van der Waals surface area contributed by atoms with Crippen molar-refractivity contribution in [3.63, 3.8) is 0 Å². The summed E-state index contributed by atoms with van der Waals surface area (Å²) >= 11 is 0. The number of benzene rings is 1. The van der Waals surface area contributed by atoms with Crippen molar-refractivity contribution in [1.82, 2.24) is 4.98 Å². The van der Waals surface area contributed by atoms with E-state index < -0.39 is 5.97 Å². The fourth-order valence-electron chi connectivity index (χ4n) is 2.85. The molecule has 0 radical (unpaired) electrons. The van der Waals surface area contributed by atoms with E-state index in [1.165, 1.54) is 0 Å². The van der Waals surface area contributed by atoms with Gasteiger partial charge >= 0.3 is 5.97 Å². The van der Waals surface area contributed by atoms with Crippen LogP contribution in [0.2, 0.25) is 0 Å². The summed E-state index contributed by atoms with van der Waals surface area (Å²) in [4.78, 5) is 17.7. The summed E-state index contributed by atoms with van der Waals surface area (Å²) < 4.78 is 5.29. The predicted molar refractivity (Wildman–Crippen MR) is 80.9 cm³/mol. The molecule has 3 rings (SSSR count). The van der Waals surface area contributed by atoms with E-state index >= 15 is 0 Å². The van der Waals surface area contributed by atoms with Crippen LogP contribution in [0.5, 0.6) is 5.75 Å². The summed E-state index contributed by atoms with van der Waals surface area (Å²) in [5.41, 5.74) is 0. The number of methoxy groups -OCH3 is 1. The minimum Gasteiger partial charge on any atom is -0.497 e. The Kier molecular flexibility index (Phi) is 3.64. The number of carboxylic acid groups (broad SMARTS) is 1. The second-order valence-corrected chi connectivity index (χ2v) is 5.32. The summed E-state index contributed by atoms with van der Waals surface area (Å²) in [7, 11) is 1.65. The van der Waals surface area contributed by atoms with Crippen LogP contribution in [0.1, 0.15) is 12.8 Å². The Balaban J connectivity index is 1.92. The molecular weight excluding hydrogens is 268 g/mol. The first-order chi connectivity index (χ1) is 10.2. The number of pyridine rings is 1. The van der Waals surface area contributed by atoms with Gasteiger partial charge in [-0.25, -0.2) is 4.98 Å². The first kappa shape index (κ1) is 13.7. The van der Waals surface area contributed by atoms with Crippen LogP contribution >= 0.6 is 0 Å². The van der Waals surface area contributed by atoms with Gasteiger partial charge in [0.05, 0.1) is 13.0 Å². The lowest BCUT2D eigenvalue weighted by atomic mass is 9.97. The molecule has 0 bridgehead atoms. The number of rotatable bonds is 3. The number of hydrogen-bond acceptors (Lipinski definition) is 4. The zero-order valence-corrected chi connectivity index (χ0v) is 12.0. The maximum atomic E-state index is 11.0. The first-order valence-electron chi connectivity index (χ1n) is 7.09. The molecular formula is C16H18N2O3. The average molecular weight is 286 g/mol. The third-order valence-electron chi connectivity index (χ3n) is 4.10. The van der Waals surface area contributed by atoms with Crippen LogP contribution in [0.3, 0.4) is 0 Å². The molecule has 0 unspecified atom stereocenters. The lowest BCUT2D eigenvalue weighted by Gasteiger charge is -2.31. The number of fused-ring (bicyclic) bond motifs is 1. The highest BCUT2D eigenvalue weighted by Crippen LogP contribution is 2.30. The number of anilines is 1. The van der Waals surface area contributed by atoms with Gasteiger partial charge in [-0.3, -0.25) is 4.79 Å². The Morgan fingerprint density at radius 2 is 2.10 bits per heavy atom. The fraction of sp³-hybridized carbons (Fsp3) is 0.375. The van der Waals surface area contributed by atoms with Crippen LogP contribution in [0.15, 0.2) is 30.5 Å². The lowest BCUT2D eigenvalue weighted by molar-refractivity contribution is -0.142. The van der Waals surface area contributed by atoms with Gasteiger partial charge in [0.15, 0.2) is 0 Å². The average Bonchev–Trinajstić information content (AvgIpc) is 2.54. The molecule has 0 atom stereocenters. The highest BCUT2D eigenvalue weighted by atomic mass is 16.5. The van der Waals surface area contributed by atoms with Crippen molar-refractivity contribution in [3.8, 4) is 5.75 Å². The molecule has 0 saturated carbocycles. The molecule has 5 nitrogen and oxygen atoms in total. The number of carboxylic acids is 1. The molecule has 0 spiro atoms. The Hall–Kier alpha value is -2.30. The van der Waals surface area contributed by atoms with Crippen molar-refractivity contribution in [2.24, 2.45) is 5.92 Å². The van der Waals surface area contributed by atoms with E-state index in [0.29, 0.717) is 12.8 Å². The first-order valence-corrected chi connectivity index (χ1v) is 7.09. The maximum absolute atomic E-state index is 11.0. The second-order valence-electron chi connectivity index (χ2n) is 5.32. The van der Waals surface area contributed by atoms with Gasteiger partial charge in [-0.15, -0.1) is 0 Å². The van der Waals surface area contributed by atoms with Gasteiger partial charge in [0, 0.05) is 24.7 Å². The van der Waals surface area contributed by atoms with Gasteiger partial charge in [-0.2, -0.15) is 0 Å². The zero-order chi connectivity index (χ0) is 14.8. The monoisotopic (exact) mass is 286 g/mol. The summed E-state index contributed by atoms with van der Waals surface area (Å²) in [5.74, 6) is 0.792. The molecule has 5 heteroatoms. The Morgan fingerprint density at radius 1 is 1.33 bits per heavy atom. The molecule has 2 heterocycles. The van der Waals surface area contributed by atoms with Crippen molar-refractivity contribution in [1.29, 1.82) is 0 Å². The largest absolute Gasteiger partial charge is 0.497 e. The van der Waals surface area contributed by atoms with Crippen LogP contribution in [-0.2, 0) is 4.79 Å². The van der Waals surface area contributed by atoms with Gasteiger partial charge in [-0.05, 0) is 36.4 Å². The number of nitrogens with zero attached hydrogens (tertiary/aromatic N) is 2. The van der Waals surface area contributed by atoms with Crippen LogP contribution in [-0.4, -0.2) is 36.3 Å². The van der Waals surface area contributed by atoms with Gasteiger partial charge in [0.1, 0.15) is 11.6 Å². The molecule has 2 aromatic rings. The van der Waals surface area contributed by atoms with E-state index in [4.69, 9.17) is 9.84 Å². The molecule has 110 valence electrons. The van der Waals surface area contributed by atoms with Crippen LogP contribution in [0.4, 0.5) is 5.82 Å². The third kappa shape index (κ3) is 2.63. The summed E-state index contributed by atoms with van der Waals surface area (Å²) in [5, 5.41) is 11.2. The standard InChI is InChI=1S/C16H18N2O3/c1-21-13-3-2-11-4-7-17-15(14(11)10-13)18-8-5-12(6-9-18)16(19)20/h2-4,7,10,12H,5-6,8-9H2,1H3,(H,19,20). The number of hydrogen-bond donors (Lipinski definition) is 1. The van der Waals surface area contributed by atoms with E-state index in [1.54, 1.807) is 13.3 Å². The van der Waals surface area contributed by atoms with E-state index in [1.807, 2.05) is 24.3 Å². The van der Waals surface area contributed by atoms with Crippen molar-refractivity contribution in [2.45, 2.75) is 12.8 Å². The lowest BCUT2D eigenvalue weighted by Crippen LogP contribution is -2.36. The molecule has 1 fully saturated rings. The normalized spacial score (nSPS) is 16.1. The third-order valence-corrected chi connectivity index (χ3v) is 4.10. The molecule has 0 amide bonds. The minimum atomic E-state index is -0.692. The Morgan fingerprint density at radius 3 is 2.76 bits per heavy atom. The fourth-order valence-corrected chi connectivity index (χ4v) is 2.85. The second kappa shape index (κ2) is 5.60. The van der Waals surface area contributed by atoms with Gasteiger partial charge in [0.2, 0.25) is 0 Å². The van der Waals surface area contributed by atoms with Gasteiger partial charge in [0.25, 0.3) is 0 Å². The minimum absolute atomic E-state index is 0.231. The molecule has 21 heavy (non-hydrogen) atoms. The van der Waals surface area contributed by atoms with Gasteiger partial charge in [-0.1, -0.05) is 6.07 Å². The van der Waals surface area contributed by atoms with Crippen LogP contribution in [0, 0.1) is 5.92 Å². The van der Waals surface area contributed by atoms with Crippen molar-refractivity contribution < 1.29 is 14.6 Å². The van der Waals surface area contributed by atoms with Crippen LogP contribution in [0.25, 0.3) is 10.8 Å². The molecule has 1 aliphatic heterocycles. The topological polar surface area (TPSA) is 62.7 Å². The molecule has 1 aliphatic rings. The maximum Gasteiger partial charge on any atom is 0.306 e. The van der Waals surface area contributed by atoms with E-state index in [-0.39, 0.29) is 5.92 Å². The summed E-state index contributed by atoms with van der Waals surface area (Å²) in [6.45, 7) is 1.45. The quantitative estimate of drug-likeness (QED) is 0.939. The van der Waals surface area contributed by atoms with Crippen molar-refractivity contribution in [2.75, 3.05) is 25.1 Å². The van der Waals surface area contributed by atoms with E-state index in [9.17, 15) is 4.79 Å². The van der Waals surface area contributed by atoms with E-state index in [2.05, 4.69) is 9.88 Å².